The normalized spacial score (nSPS) is 10.3. The van der Waals surface area contributed by atoms with Gasteiger partial charge in [-0.3, -0.25) is 0 Å². The van der Waals surface area contributed by atoms with Crippen molar-refractivity contribution in [3.8, 4) is 11.6 Å². The second-order valence-corrected chi connectivity index (χ2v) is 4.92. The van der Waals surface area contributed by atoms with Crippen LogP contribution in [0.5, 0.6) is 11.6 Å². The number of pyridine rings is 1. The van der Waals surface area contributed by atoms with Gasteiger partial charge in [0.1, 0.15) is 5.75 Å². The molecule has 100 valence electrons. The number of ether oxygens (including phenoxy) is 1. The van der Waals surface area contributed by atoms with E-state index in [4.69, 9.17) is 27.9 Å². The fourth-order valence-corrected chi connectivity index (χ4v) is 2.02. The van der Waals surface area contributed by atoms with E-state index in [1.165, 1.54) is 0 Å². The van der Waals surface area contributed by atoms with Crippen LogP contribution in [0.15, 0.2) is 36.5 Å². The summed E-state index contributed by atoms with van der Waals surface area (Å²) in [5.74, 6) is 1.53. The Balaban J connectivity index is 2.23. The Bertz CT molecular complexity index is 573. The highest BCUT2D eigenvalue weighted by atomic mass is 35.5. The van der Waals surface area contributed by atoms with Crippen molar-refractivity contribution in [2.24, 2.45) is 0 Å². The van der Waals surface area contributed by atoms with Crippen LogP contribution in [0.4, 0.5) is 5.69 Å². The first-order valence-electron chi connectivity index (χ1n) is 5.76. The highest BCUT2D eigenvalue weighted by Gasteiger charge is 2.05. The molecule has 1 aromatic heterocycles. The van der Waals surface area contributed by atoms with Crippen LogP contribution in [0.3, 0.4) is 0 Å². The summed E-state index contributed by atoms with van der Waals surface area (Å²) < 4.78 is 5.71. The number of halogens is 2. The zero-order valence-electron chi connectivity index (χ0n) is 10.7. The fraction of sp³-hybridized carbons (Fsp3) is 0.214. The minimum atomic E-state index is 0.329. The Kier molecular flexibility index (Phi) is 4.51. The lowest BCUT2D eigenvalue weighted by atomic mass is 10.3. The van der Waals surface area contributed by atoms with Crippen LogP contribution in [0.2, 0.25) is 5.02 Å². The fourth-order valence-electron chi connectivity index (χ4n) is 1.56. The van der Waals surface area contributed by atoms with Crippen molar-refractivity contribution in [3.63, 3.8) is 0 Å². The van der Waals surface area contributed by atoms with Crippen molar-refractivity contribution in [2.45, 2.75) is 5.88 Å². The first-order chi connectivity index (χ1) is 9.10. The maximum atomic E-state index is 5.96. The third-order valence-corrected chi connectivity index (χ3v) is 3.24. The number of anilines is 1. The number of aromatic nitrogens is 1. The van der Waals surface area contributed by atoms with Gasteiger partial charge in [0.2, 0.25) is 5.88 Å². The Morgan fingerprint density at radius 1 is 1.26 bits per heavy atom. The summed E-state index contributed by atoms with van der Waals surface area (Å²) in [6.45, 7) is 0. The zero-order chi connectivity index (χ0) is 13.8. The molecule has 0 aliphatic carbocycles. The predicted molar refractivity (Wildman–Crippen MR) is 79.6 cm³/mol. The number of hydrogen-bond donors (Lipinski definition) is 0. The molecule has 2 rings (SSSR count). The Hall–Kier alpha value is -1.45. The van der Waals surface area contributed by atoms with Gasteiger partial charge in [-0.15, -0.1) is 11.6 Å². The molecule has 0 spiro atoms. The van der Waals surface area contributed by atoms with Crippen molar-refractivity contribution < 1.29 is 4.74 Å². The van der Waals surface area contributed by atoms with Gasteiger partial charge >= 0.3 is 0 Å². The highest BCUT2D eigenvalue weighted by molar-refractivity contribution is 6.32. The SMILES string of the molecule is CN(C)c1cccc(Oc2cc(CCl)c(Cl)cn2)c1. The van der Waals surface area contributed by atoms with E-state index in [0.717, 1.165) is 17.0 Å². The van der Waals surface area contributed by atoms with E-state index in [1.54, 1.807) is 12.3 Å². The molecule has 0 radical (unpaired) electrons. The maximum Gasteiger partial charge on any atom is 0.219 e. The largest absolute Gasteiger partial charge is 0.439 e. The lowest BCUT2D eigenvalue weighted by Crippen LogP contribution is -2.08. The van der Waals surface area contributed by atoms with E-state index in [0.29, 0.717) is 16.8 Å². The van der Waals surface area contributed by atoms with Gasteiger partial charge in [0, 0.05) is 44.0 Å². The molecule has 5 heteroatoms. The van der Waals surface area contributed by atoms with Gasteiger partial charge in [0.15, 0.2) is 0 Å². The second-order valence-electron chi connectivity index (χ2n) is 4.24. The molecular formula is C14H14Cl2N2O. The molecule has 0 aliphatic rings. The van der Waals surface area contributed by atoms with Gasteiger partial charge in [-0.05, 0) is 17.7 Å². The third kappa shape index (κ3) is 3.52. The Morgan fingerprint density at radius 2 is 2.05 bits per heavy atom. The highest BCUT2D eigenvalue weighted by Crippen LogP contribution is 2.27. The lowest BCUT2D eigenvalue weighted by Gasteiger charge is -2.13. The predicted octanol–water partition coefficient (Wildman–Crippen LogP) is 4.33. The maximum absolute atomic E-state index is 5.96. The second kappa shape index (κ2) is 6.13. The van der Waals surface area contributed by atoms with Crippen LogP contribution in [0, 0.1) is 0 Å². The van der Waals surface area contributed by atoms with Crippen LogP contribution in [-0.2, 0) is 5.88 Å². The van der Waals surface area contributed by atoms with Gasteiger partial charge < -0.3 is 9.64 Å². The summed E-state index contributed by atoms with van der Waals surface area (Å²) in [6, 6.07) is 9.51. The molecule has 0 saturated carbocycles. The van der Waals surface area contributed by atoms with E-state index in [1.807, 2.05) is 43.3 Å². The molecule has 0 atom stereocenters. The van der Waals surface area contributed by atoms with Crippen LogP contribution in [0.25, 0.3) is 0 Å². The molecule has 0 amide bonds. The molecule has 19 heavy (non-hydrogen) atoms. The zero-order valence-corrected chi connectivity index (χ0v) is 12.2. The van der Waals surface area contributed by atoms with Crippen LogP contribution < -0.4 is 9.64 Å². The van der Waals surface area contributed by atoms with Crippen molar-refractivity contribution in [3.05, 3.63) is 47.1 Å². The monoisotopic (exact) mass is 296 g/mol. The molecule has 0 fully saturated rings. The standard InChI is InChI=1S/C14H14Cl2N2O/c1-18(2)11-4-3-5-12(7-11)19-14-6-10(8-15)13(16)9-17-14/h3-7,9H,8H2,1-2H3. The third-order valence-electron chi connectivity index (χ3n) is 2.61. The lowest BCUT2D eigenvalue weighted by molar-refractivity contribution is 0.462. The van der Waals surface area contributed by atoms with Gasteiger partial charge in [-0.25, -0.2) is 4.98 Å². The average Bonchev–Trinajstić information content (AvgIpc) is 2.41. The van der Waals surface area contributed by atoms with E-state index in [-0.39, 0.29) is 0 Å². The molecular weight excluding hydrogens is 283 g/mol. The quantitative estimate of drug-likeness (QED) is 0.785. The van der Waals surface area contributed by atoms with Gasteiger partial charge in [-0.2, -0.15) is 0 Å². The van der Waals surface area contributed by atoms with E-state index >= 15 is 0 Å². The molecule has 2 aromatic rings. The Morgan fingerprint density at radius 3 is 2.74 bits per heavy atom. The summed E-state index contributed by atoms with van der Waals surface area (Å²) in [5, 5.41) is 0.546. The van der Waals surface area contributed by atoms with Crippen LogP contribution in [0.1, 0.15) is 5.56 Å². The van der Waals surface area contributed by atoms with E-state index in [9.17, 15) is 0 Å². The molecule has 3 nitrogen and oxygen atoms in total. The smallest absolute Gasteiger partial charge is 0.219 e. The van der Waals surface area contributed by atoms with Crippen LogP contribution in [-0.4, -0.2) is 19.1 Å². The van der Waals surface area contributed by atoms with Gasteiger partial charge in [-0.1, -0.05) is 17.7 Å². The minimum absolute atomic E-state index is 0.329. The molecule has 0 saturated heterocycles. The van der Waals surface area contributed by atoms with Crippen molar-refractivity contribution in [1.82, 2.24) is 4.98 Å². The summed E-state index contributed by atoms with van der Waals surface area (Å²) >= 11 is 11.8. The summed E-state index contributed by atoms with van der Waals surface area (Å²) in [6.07, 6.45) is 1.55. The van der Waals surface area contributed by atoms with E-state index in [2.05, 4.69) is 4.98 Å². The number of rotatable bonds is 4. The first kappa shape index (κ1) is 14.0. The van der Waals surface area contributed by atoms with Gasteiger partial charge in [0.25, 0.3) is 0 Å². The average molecular weight is 297 g/mol. The van der Waals surface area contributed by atoms with Crippen LogP contribution >= 0.6 is 23.2 Å². The number of alkyl halides is 1. The summed E-state index contributed by atoms with van der Waals surface area (Å²) in [7, 11) is 3.95. The summed E-state index contributed by atoms with van der Waals surface area (Å²) in [4.78, 5) is 6.14. The van der Waals surface area contributed by atoms with Crippen molar-refractivity contribution in [1.29, 1.82) is 0 Å². The molecule has 0 aliphatic heterocycles. The van der Waals surface area contributed by atoms with E-state index < -0.39 is 0 Å². The molecule has 0 unspecified atom stereocenters. The minimum Gasteiger partial charge on any atom is -0.439 e. The van der Waals surface area contributed by atoms with Crippen molar-refractivity contribution in [2.75, 3.05) is 19.0 Å². The summed E-state index contributed by atoms with van der Waals surface area (Å²) in [5.41, 5.74) is 1.86. The van der Waals surface area contributed by atoms with Crippen molar-refractivity contribution >= 4 is 28.9 Å². The Labute approximate surface area is 122 Å². The number of benzene rings is 1. The molecule has 1 heterocycles. The molecule has 0 N–H and O–H groups in total. The van der Waals surface area contributed by atoms with Gasteiger partial charge in [0.05, 0.1) is 5.02 Å². The number of nitrogens with zero attached hydrogens (tertiary/aromatic N) is 2. The molecule has 1 aromatic carbocycles. The first-order valence-corrected chi connectivity index (χ1v) is 6.67. The number of hydrogen-bond acceptors (Lipinski definition) is 3. The topological polar surface area (TPSA) is 25.4 Å². The molecule has 0 bridgehead atoms.